The first-order valence-electron chi connectivity index (χ1n) is 17.1. The van der Waals surface area contributed by atoms with Gasteiger partial charge in [0.15, 0.2) is 5.60 Å². The van der Waals surface area contributed by atoms with E-state index in [0.29, 0.717) is 0 Å². The molecule has 0 amide bonds. The van der Waals surface area contributed by atoms with Crippen molar-refractivity contribution in [2.45, 2.75) is 49.0 Å². The first-order valence-corrected chi connectivity index (χ1v) is 17.9. The van der Waals surface area contributed by atoms with Gasteiger partial charge < -0.3 is 18.9 Å². The van der Waals surface area contributed by atoms with Crippen molar-refractivity contribution in [2.24, 2.45) is 0 Å². The van der Waals surface area contributed by atoms with Crippen molar-refractivity contribution in [3.05, 3.63) is 148 Å². The van der Waals surface area contributed by atoms with Crippen LogP contribution in [-0.4, -0.2) is 21.3 Å². The fourth-order valence-electron chi connectivity index (χ4n) is 7.86. The van der Waals surface area contributed by atoms with Crippen LogP contribution < -0.4 is 18.9 Å². The molecule has 2 aliphatic rings. The van der Waals surface area contributed by atoms with Gasteiger partial charge in [-0.1, -0.05) is 84.1 Å². The maximum atomic E-state index is 7.48. The Bertz CT molecular complexity index is 2230. The fraction of sp³-hybridized carbons (Fsp3) is 0.200. The van der Waals surface area contributed by atoms with Gasteiger partial charge in [-0.3, -0.25) is 0 Å². The first-order chi connectivity index (χ1) is 24.3. The summed E-state index contributed by atoms with van der Waals surface area (Å²) in [5.41, 5.74) is 11.3. The zero-order valence-electron chi connectivity index (χ0n) is 29.3. The monoisotopic (exact) mass is 676 g/mol. The smallest absolute Gasteiger partial charge is 0.178 e. The van der Waals surface area contributed by atoms with E-state index < -0.39 is 5.60 Å². The summed E-state index contributed by atoms with van der Waals surface area (Å²) in [5, 5.41) is 2.20. The number of rotatable bonds is 7. The van der Waals surface area contributed by atoms with E-state index in [4.69, 9.17) is 18.9 Å². The molecule has 6 aromatic carbocycles. The van der Waals surface area contributed by atoms with Gasteiger partial charge >= 0.3 is 0 Å². The Kier molecular flexibility index (Phi) is 8.11. The number of aryl methyl sites for hydroxylation is 4. The lowest BCUT2D eigenvalue weighted by molar-refractivity contribution is 0.163. The molecule has 0 radical (unpaired) electrons. The number of benzene rings is 6. The molecule has 4 nitrogen and oxygen atoms in total. The van der Waals surface area contributed by atoms with Gasteiger partial charge in [-0.25, -0.2) is 0 Å². The molecular formula is C45H40O4S. The molecule has 0 spiro atoms. The second kappa shape index (κ2) is 12.6. The molecule has 0 bridgehead atoms. The molecule has 0 aromatic heterocycles. The molecule has 5 heteroatoms. The lowest BCUT2D eigenvalue weighted by Gasteiger charge is -2.38. The lowest BCUT2D eigenvalue weighted by atomic mass is 9.77. The molecule has 6 aromatic rings. The molecular weight excluding hydrogens is 637 g/mol. The molecule has 1 aliphatic carbocycles. The molecule has 8 rings (SSSR count). The van der Waals surface area contributed by atoms with Crippen LogP contribution in [0.25, 0.3) is 28.0 Å². The molecule has 0 atom stereocenters. The zero-order valence-corrected chi connectivity index (χ0v) is 30.2. The van der Waals surface area contributed by atoms with E-state index in [1.165, 1.54) is 49.2 Å². The van der Waals surface area contributed by atoms with Gasteiger partial charge in [-0.05, 0) is 115 Å². The van der Waals surface area contributed by atoms with Gasteiger partial charge in [0.05, 0.1) is 26.2 Å². The molecule has 0 saturated carbocycles. The van der Waals surface area contributed by atoms with E-state index in [0.717, 1.165) is 62.8 Å². The van der Waals surface area contributed by atoms with E-state index >= 15 is 0 Å². The summed E-state index contributed by atoms with van der Waals surface area (Å²) in [7, 11) is 5.15. The predicted molar refractivity (Wildman–Crippen MR) is 205 cm³/mol. The summed E-state index contributed by atoms with van der Waals surface area (Å²) in [4.78, 5) is 2.35. The minimum Gasteiger partial charge on any atom is -0.497 e. The van der Waals surface area contributed by atoms with E-state index in [9.17, 15) is 0 Å². The first kappa shape index (κ1) is 32.1. The SMILES string of the molecule is COc1ccc(C2(c3ccc(OC)cc3)C=Cc3c4c(c5cc(Sc6c(C)cc(C)cc6C)c(OC)cc5c3O2)-c2ccccc2CC4)cc1. The van der Waals surface area contributed by atoms with Crippen LogP contribution >= 0.6 is 11.8 Å². The Morgan fingerprint density at radius 3 is 1.94 bits per heavy atom. The maximum Gasteiger partial charge on any atom is 0.178 e. The standard InChI is InChI=1S/C45H40O4S/c1-27-23-28(2)44(29(3)24-27)50-41-26-38-39(25-40(41)48-6)43-37(36-20-11-30-9-7-8-10-35(30)42(36)38)21-22-45(49-43,31-12-16-33(46-4)17-13-31)32-14-18-34(47-5)19-15-32/h7-10,12-19,21-26H,11,20H2,1-6H3. The van der Waals surface area contributed by atoms with Crippen molar-refractivity contribution >= 4 is 28.6 Å². The highest BCUT2D eigenvalue weighted by Crippen LogP contribution is 2.54. The minimum atomic E-state index is -0.893. The number of fused-ring (bicyclic) bond motifs is 8. The van der Waals surface area contributed by atoms with Crippen molar-refractivity contribution in [1.29, 1.82) is 0 Å². The Morgan fingerprint density at radius 2 is 1.32 bits per heavy atom. The van der Waals surface area contributed by atoms with Crippen LogP contribution in [0, 0.1) is 20.8 Å². The van der Waals surface area contributed by atoms with Crippen LogP contribution in [0.4, 0.5) is 0 Å². The number of methoxy groups -OCH3 is 3. The predicted octanol–water partition coefficient (Wildman–Crippen LogP) is 11.1. The molecule has 50 heavy (non-hydrogen) atoms. The van der Waals surface area contributed by atoms with Crippen LogP contribution in [0.15, 0.2) is 113 Å². The quantitative estimate of drug-likeness (QED) is 0.168. The molecule has 0 fully saturated rings. The summed E-state index contributed by atoms with van der Waals surface area (Å²) in [6, 6.07) is 34.3. The molecule has 1 heterocycles. The molecule has 250 valence electrons. The number of ether oxygens (including phenoxy) is 4. The summed E-state index contributed by atoms with van der Waals surface area (Å²) in [6.07, 6.45) is 6.42. The van der Waals surface area contributed by atoms with Crippen molar-refractivity contribution in [1.82, 2.24) is 0 Å². The van der Waals surface area contributed by atoms with Crippen molar-refractivity contribution in [3.8, 4) is 34.1 Å². The van der Waals surface area contributed by atoms with E-state index in [2.05, 4.69) is 106 Å². The van der Waals surface area contributed by atoms with E-state index in [1.807, 2.05) is 24.3 Å². The van der Waals surface area contributed by atoms with Gasteiger partial charge in [0.1, 0.15) is 23.0 Å². The molecule has 0 saturated heterocycles. The summed E-state index contributed by atoms with van der Waals surface area (Å²) in [6.45, 7) is 6.55. The normalized spacial score (nSPS) is 14.0. The molecule has 1 aliphatic heterocycles. The summed E-state index contributed by atoms with van der Waals surface area (Å²) >= 11 is 1.78. The Balaban J connectivity index is 1.40. The van der Waals surface area contributed by atoms with Gasteiger partial charge in [0.25, 0.3) is 0 Å². The van der Waals surface area contributed by atoms with Crippen LogP contribution in [0.3, 0.4) is 0 Å². The largest absolute Gasteiger partial charge is 0.497 e. The van der Waals surface area contributed by atoms with Crippen LogP contribution in [0.1, 0.15) is 44.5 Å². The van der Waals surface area contributed by atoms with Crippen LogP contribution in [0.5, 0.6) is 23.0 Å². The van der Waals surface area contributed by atoms with Gasteiger partial charge in [0.2, 0.25) is 0 Å². The van der Waals surface area contributed by atoms with Crippen molar-refractivity contribution in [3.63, 3.8) is 0 Å². The van der Waals surface area contributed by atoms with Gasteiger partial charge in [0, 0.05) is 27.0 Å². The van der Waals surface area contributed by atoms with Gasteiger partial charge in [-0.2, -0.15) is 0 Å². The topological polar surface area (TPSA) is 36.9 Å². The minimum absolute atomic E-state index is 0.797. The molecule has 0 N–H and O–H groups in total. The summed E-state index contributed by atoms with van der Waals surface area (Å²) in [5.74, 6) is 3.28. The Hall–Kier alpha value is -5.13. The third-order valence-corrected chi connectivity index (χ3v) is 11.6. The highest BCUT2D eigenvalue weighted by Gasteiger charge is 2.40. The Morgan fingerprint density at radius 1 is 0.680 bits per heavy atom. The number of hydrogen-bond donors (Lipinski definition) is 0. The third kappa shape index (κ3) is 5.23. The van der Waals surface area contributed by atoms with Crippen molar-refractivity contribution in [2.75, 3.05) is 21.3 Å². The van der Waals surface area contributed by atoms with Crippen molar-refractivity contribution < 1.29 is 18.9 Å². The fourth-order valence-corrected chi connectivity index (χ4v) is 8.94. The maximum absolute atomic E-state index is 7.48. The third-order valence-electron chi connectivity index (χ3n) is 10.2. The average Bonchev–Trinajstić information content (AvgIpc) is 3.15. The highest BCUT2D eigenvalue weighted by molar-refractivity contribution is 7.99. The summed E-state index contributed by atoms with van der Waals surface area (Å²) < 4.78 is 24.7. The van der Waals surface area contributed by atoms with Crippen LogP contribution in [0.2, 0.25) is 0 Å². The zero-order chi connectivity index (χ0) is 34.6. The second-order valence-corrected chi connectivity index (χ2v) is 14.3. The Labute approximate surface area is 298 Å². The van der Waals surface area contributed by atoms with E-state index in [-0.39, 0.29) is 0 Å². The molecule has 0 unspecified atom stereocenters. The van der Waals surface area contributed by atoms with Gasteiger partial charge in [-0.15, -0.1) is 0 Å². The second-order valence-electron chi connectivity index (χ2n) is 13.3. The van der Waals surface area contributed by atoms with E-state index in [1.54, 1.807) is 33.1 Å². The average molecular weight is 677 g/mol. The number of hydrogen-bond acceptors (Lipinski definition) is 5. The highest BCUT2D eigenvalue weighted by atomic mass is 32.2. The lowest BCUT2D eigenvalue weighted by Crippen LogP contribution is -2.34. The van der Waals surface area contributed by atoms with Crippen LogP contribution in [-0.2, 0) is 18.4 Å².